The summed E-state index contributed by atoms with van der Waals surface area (Å²) in [6.07, 6.45) is 2.17. The van der Waals surface area contributed by atoms with Gasteiger partial charge >= 0.3 is 0 Å². The predicted molar refractivity (Wildman–Crippen MR) is 69.6 cm³/mol. The maximum absolute atomic E-state index is 3.47. The third kappa shape index (κ3) is 2.12. The molecule has 2 heteroatoms. The Balaban J connectivity index is 2.35. The molecule has 1 heterocycles. The van der Waals surface area contributed by atoms with Gasteiger partial charge in [0.2, 0.25) is 0 Å². The van der Waals surface area contributed by atoms with Crippen LogP contribution in [0.15, 0.2) is 30.5 Å². The van der Waals surface area contributed by atoms with Crippen molar-refractivity contribution < 1.29 is 0 Å². The number of benzene rings is 1. The first kappa shape index (κ1) is 11.2. The molecule has 0 fully saturated rings. The van der Waals surface area contributed by atoms with Crippen LogP contribution in [0.1, 0.15) is 26.3 Å². The van der Waals surface area contributed by atoms with Crippen LogP contribution in [0.5, 0.6) is 0 Å². The fourth-order valence-corrected chi connectivity index (χ4v) is 2.03. The highest BCUT2D eigenvalue weighted by molar-refractivity contribution is 5.83. The summed E-state index contributed by atoms with van der Waals surface area (Å²) < 4.78 is 2.29. The number of hydrogen-bond acceptors (Lipinski definition) is 1. The molecule has 0 unspecified atom stereocenters. The Morgan fingerprint density at radius 2 is 2.06 bits per heavy atom. The van der Waals surface area contributed by atoms with Gasteiger partial charge in [-0.1, -0.05) is 26.0 Å². The first-order chi connectivity index (χ1) is 7.72. The number of hydrogen-bond donors (Lipinski definition) is 1. The predicted octanol–water partition coefficient (Wildman–Crippen LogP) is 3.16. The zero-order valence-electron chi connectivity index (χ0n) is 10.3. The molecule has 0 saturated heterocycles. The van der Waals surface area contributed by atoms with Gasteiger partial charge in [0.1, 0.15) is 0 Å². The molecule has 0 amide bonds. The number of nitrogens with zero attached hydrogens (tertiary/aromatic N) is 1. The second-order valence-electron chi connectivity index (χ2n) is 4.49. The van der Waals surface area contributed by atoms with Gasteiger partial charge in [0, 0.05) is 36.2 Å². The molecule has 2 nitrogen and oxygen atoms in total. The third-order valence-electron chi connectivity index (χ3n) is 2.95. The second kappa shape index (κ2) is 4.71. The Morgan fingerprint density at radius 3 is 2.75 bits per heavy atom. The third-order valence-corrected chi connectivity index (χ3v) is 2.95. The summed E-state index contributed by atoms with van der Waals surface area (Å²) in [4.78, 5) is 0. The lowest BCUT2D eigenvalue weighted by Crippen LogP contribution is -2.21. The van der Waals surface area contributed by atoms with Crippen molar-refractivity contribution in [3.05, 3.63) is 36.0 Å². The molecule has 0 saturated carbocycles. The molecule has 0 aliphatic carbocycles. The summed E-state index contributed by atoms with van der Waals surface area (Å²) in [6, 6.07) is 9.29. The van der Waals surface area contributed by atoms with E-state index in [0.29, 0.717) is 6.04 Å². The van der Waals surface area contributed by atoms with Crippen molar-refractivity contribution in [2.24, 2.45) is 0 Å². The Hall–Kier alpha value is -1.28. The quantitative estimate of drug-likeness (QED) is 0.830. The molecule has 0 spiro atoms. The molecule has 0 radical (unpaired) electrons. The van der Waals surface area contributed by atoms with E-state index in [1.54, 1.807) is 0 Å². The maximum atomic E-state index is 3.47. The van der Waals surface area contributed by atoms with Crippen LogP contribution in [-0.2, 0) is 13.1 Å². The van der Waals surface area contributed by atoms with E-state index in [2.05, 4.69) is 61.1 Å². The molecule has 1 aromatic carbocycles. The first-order valence-electron chi connectivity index (χ1n) is 6.02. The SMILES string of the molecule is CCn1ccc2c(CNC(C)C)cccc21. The standard InChI is InChI=1S/C14H20N2/c1-4-16-9-8-13-12(10-15-11(2)3)6-5-7-14(13)16/h5-9,11,15H,4,10H2,1-3H3. The molecular weight excluding hydrogens is 196 g/mol. The lowest BCUT2D eigenvalue weighted by Gasteiger charge is -2.09. The Labute approximate surface area is 97.3 Å². The van der Waals surface area contributed by atoms with Gasteiger partial charge in [-0.15, -0.1) is 0 Å². The Kier molecular flexibility index (Phi) is 3.30. The van der Waals surface area contributed by atoms with E-state index in [-0.39, 0.29) is 0 Å². The van der Waals surface area contributed by atoms with Gasteiger partial charge in [0.15, 0.2) is 0 Å². The minimum Gasteiger partial charge on any atom is -0.348 e. The van der Waals surface area contributed by atoms with Crippen molar-refractivity contribution in [3.63, 3.8) is 0 Å². The number of rotatable bonds is 4. The molecular formula is C14H20N2. The van der Waals surface area contributed by atoms with Crippen molar-refractivity contribution in [3.8, 4) is 0 Å². The lowest BCUT2D eigenvalue weighted by molar-refractivity contribution is 0.590. The summed E-state index contributed by atoms with van der Waals surface area (Å²) in [5.74, 6) is 0. The largest absolute Gasteiger partial charge is 0.348 e. The van der Waals surface area contributed by atoms with Crippen molar-refractivity contribution >= 4 is 10.9 Å². The van der Waals surface area contributed by atoms with Gasteiger partial charge in [-0.05, 0) is 24.6 Å². The van der Waals surface area contributed by atoms with E-state index >= 15 is 0 Å². The summed E-state index contributed by atoms with van der Waals surface area (Å²) in [5, 5.41) is 4.84. The van der Waals surface area contributed by atoms with Gasteiger partial charge in [0.05, 0.1) is 0 Å². The zero-order chi connectivity index (χ0) is 11.5. The van der Waals surface area contributed by atoms with E-state index < -0.39 is 0 Å². The van der Waals surface area contributed by atoms with Crippen molar-refractivity contribution in [2.75, 3.05) is 0 Å². The molecule has 1 aromatic heterocycles. The van der Waals surface area contributed by atoms with E-state index in [1.807, 2.05) is 0 Å². The minimum atomic E-state index is 0.531. The highest BCUT2D eigenvalue weighted by Gasteiger charge is 2.04. The smallest absolute Gasteiger partial charge is 0.0483 e. The van der Waals surface area contributed by atoms with Crippen LogP contribution in [0, 0.1) is 0 Å². The Bertz CT molecular complexity index is 469. The number of fused-ring (bicyclic) bond motifs is 1. The monoisotopic (exact) mass is 216 g/mol. The molecule has 0 aliphatic rings. The molecule has 86 valence electrons. The summed E-state index contributed by atoms with van der Waals surface area (Å²) in [7, 11) is 0. The van der Waals surface area contributed by atoms with Gasteiger partial charge in [-0.2, -0.15) is 0 Å². The zero-order valence-corrected chi connectivity index (χ0v) is 10.3. The molecule has 2 aromatic rings. The van der Waals surface area contributed by atoms with E-state index in [9.17, 15) is 0 Å². The fourth-order valence-electron chi connectivity index (χ4n) is 2.03. The van der Waals surface area contributed by atoms with Crippen LogP contribution in [0.3, 0.4) is 0 Å². The topological polar surface area (TPSA) is 17.0 Å². The summed E-state index contributed by atoms with van der Waals surface area (Å²) in [5.41, 5.74) is 2.73. The second-order valence-corrected chi connectivity index (χ2v) is 4.49. The number of aryl methyl sites for hydroxylation is 1. The number of aromatic nitrogens is 1. The minimum absolute atomic E-state index is 0.531. The van der Waals surface area contributed by atoms with Crippen LogP contribution in [-0.4, -0.2) is 10.6 Å². The molecule has 0 bridgehead atoms. The summed E-state index contributed by atoms with van der Waals surface area (Å²) >= 11 is 0. The number of nitrogens with one attached hydrogen (secondary N) is 1. The highest BCUT2D eigenvalue weighted by Crippen LogP contribution is 2.20. The molecule has 16 heavy (non-hydrogen) atoms. The van der Waals surface area contributed by atoms with E-state index in [4.69, 9.17) is 0 Å². The maximum Gasteiger partial charge on any atom is 0.0483 e. The van der Waals surface area contributed by atoms with Crippen LogP contribution >= 0.6 is 0 Å². The normalized spacial score (nSPS) is 11.5. The highest BCUT2D eigenvalue weighted by atomic mass is 14.9. The summed E-state index contributed by atoms with van der Waals surface area (Å²) in [6.45, 7) is 8.51. The average Bonchev–Trinajstić information content (AvgIpc) is 2.69. The van der Waals surface area contributed by atoms with Crippen LogP contribution < -0.4 is 5.32 Å². The van der Waals surface area contributed by atoms with Gasteiger partial charge in [-0.3, -0.25) is 0 Å². The Morgan fingerprint density at radius 1 is 1.25 bits per heavy atom. The van der Waals surface area contributed by atoms with Gasteiger partial charge in [0.25, 0.3) is 0 Å². The van der Waals surface area contributed by atoms with Crippen LogP contribution in [0.2, 0.25) is 0 Å². The first-order valence-corrected chi connectivity index (χ1v) is 6.02. The van der Waals surface area contributed by atoms with Crippen LogP contribution in [0.4, 0.5) is 0 Å². The molecule has 0 atom stereocenters. The van der Waals surface area contributed by atoms with Gasteiger partial charge in [-0.25, -0.2) is 0 Å². The molecule has 1 N–H and O–H groups in total. The molecule has 0 aliphatic heterocycles. The fraction of sp³-hybridized carbons (Fsp3) is 0.429. The van der Waals surface area contributed by atoms with Crippen molar-refractivity contribution in [2.45, 2.75) is 39.9 Å². The molecule has 2 rings (SSSR count). The van der Waals surface area contributed by atoms with Gasteiger partial charge < -0.3 is 9.88 Å². The van der Waals surface area contributed by atoms with Crippen molar-refractivity contribution in [1.29, 1.82) is 0 Å². The van der Waals surface area contributed by atoms with E-state index in [1.165, 1.54) is 16.5 Å². The lowest BCUT2D eigenvalue weighted by atomic mass is 10.1. The van der Waals surface area contributed by atoms with Crippen LogP contribution in [0.25, 0.3) is 10.9 Å². The average molecular weight is 216 g/mol. The van der Waals surface area contributed by atoms with Crippen molar-refractivity contribution in [1.82, 2.24) is 9.88 Å². The van der Waals surface area contributed by atoms with E-state index in [0.717, 1.165) is 13.1 Å².